The molecule has 0 aliphatic carbocycles. The van der Waals surface area contributed by atoms with E-state index in [1.54, 1.807) is 6.92 Å². The van der Waals surface area contributed by atoms with Crippen LogP contribution in [0.4, 0.5) is 18.9 Å². The zero-order chi connectivity index (χ0) is 18.0. The van der Waals surface area contributed by atoms with E-state index in [4.69, 9.17) is 10.8 Å². The Morgan fingerprint density at radius 1 is 1.43 bits per heavy atom. The lowest BCUT2D eigenvalue weighted by Gasteiger charge is -2.13. The van der Waals surface area contributed by atoms with Gasteiger partial charge in [-0.2, -0.15) is 23.5 Å². The van der Waals surface area contributed by atoms with E-state index in [9.17, 15) is 18.0 Å². The highest BCUT2D eigenvalue weighted by molar-refractivity contribution is 5.95. The fraction of sp³-hybridized carbons (Fsp3) is 0.467. The highest BCUT2D eigenvalue weighted by atomic mass is 19.4. The molecule has 1 amide bonds. The summed E-state index contributed by atoms with van der Waals surface area (Å²) >= 11 is 0. The third-order valence-corrected chi connectivity index (χ3v) is 2.73. The van der Waals surface area contributed by atoms with Crippen molar-refractivity contribution in [2.75, 3.05) is 5.32 Å². The van der Waals surface area contributed by atoms with Gasteiger partial charge in [-0.25, -0.2) is 5.53 Å². The minimum Gasteiger partial charge on any atom is -0.324 e. The average Bonchev–Trinajstić information content (AvgIpc) is 2.53. The van der Waals surface area contributed by atoms with E-state index >= 15 is 0 Å². The zero-order valence-electron chi connectivity index (χ0n) is 13.2. The maximum absolute atomic E-state index is 12.8. The first-order chi connectivity index (χ1) is 10.8. The van der Waals surface area contributed by atoms with Crippen molar-refractivity contribution in [1.82, 2.24) is 0 Å². The lowest BCUT2D eigenvalue weighted by atomic mass is 10.1. The van der Waals surface area contributed by atoms with Gasteiger partial charge < -0.3 is 5.32 Å². The molecule has 126 valence electrons. The van der Waals surface area contributed by atoms with Gasteiger partial charge >= 0.3 is 6.18 Å². The van der Waals surface area contributed by atoms with Crippen LogP contribution < -0.4 is 5.32 Å². The lowest BCUT2D eigenvalue weighted by Crippen LogP contribution is -2.26. The molecule has 0 radical (unpaired) electrons. The third kappa shape index (κ3) is 6.06. The summed E-state index contributed by atoms with van der Waals surface area (Å²) in [5.41, 5.74) is 5.19. The second kappa shape index (κ2) is 9.56. The number of nitrogens with zero attached hydrogens (tertiary/aromatic N) is 2. The Balaban J connectivity index is 0.00000232. The summed E-state index contributed by atoms with van der Waals surface area (Å²) in [6.45, 7) is 5.80. The minimum absolute atomic E-state index is 0.0870. The Morgan fingerprint density at radius 2 is 2.04 bits per heavy atom. The standard InChI is InChI=1S/C13H13F3N4O.C2H6/c1-2-3-11(20-18)12(21)19-9-5-4-8(7-17)10(6-9)13(14,15)16;1-2/h4-6,11,18H,2-3H2,1H3,(H,19,21);1-2H3. The van der Waals surface area contributed by atoms with Crippen molar-refractivity contribution >= 4 is 11.6 Å². The van der Waals surface area contributed by atoms with E-state index in [-0.39, 0.29) is 5.69 Å². The normalized spacial score (nSPS) is 11.5. The zero-order valence-corrected chi connectivity index (χ0v) is 13.2. The van der Waals surface area contributed by atoms with Crippen LogP contribution in [0.2, 0.25) is 0 Å². The third-order valence-electron chi connectivity index (χ3n) is 2.73. The summed E-state index contributed by atoms with van der Waals surface area (Å²) in [5, 5.41) is 14.1. The van der Waals surface area contributed by atoms with Gasteiger partial charge in [0.05, 0.1) is 17.2 Å². The number of hydrogen-bond acceptors (Lipinski definition) is 4. The topological polar surface area (TPSA) is 89.1 Å². The van der Waals surface area contributed by atoms with Gasteiger partial charge in [-0.3, -0.25) is 4.79 Å². The predicted molar refractivity (Wildman–Crippen MR) is 80.0 cm³/mol. The Morgan fingerprint density at radius 3 is 2.48 bits per heavy atom. The molecule has 0 fully saturated rings. The van der Waals surface area contributed by atoms with E-state index in [2.05, 4.69) is 10.4 Å². The molecule has 0 heterocycles. The largest absolute Gasteiger partial charge is 0.417 e. The average molecular weight is 328 g/mol. The number of carbonyl (C=O) groups excluding carboxylic acids is 1. The van der Waals surface area contributed by atoms with Crippen molar-refractivity contribution in [2.24, 2.45) is 5.11 Å². The summed E-state index contributed by atoms with van der Waals surface area (Å²) in [7, 11) is 0. The van der Waals surface area contributed by atoms with Gasteiger partial charge in [0.15, 0.2) is 0 Å². The van der Waals surface area contributed by atoms with Crippen LogP contribution >= 0.6 is 0 Å². The molecule has 1 aromatic rings. The smallest absolute Gasteiger partial charge is 0.324 e. The molecular weight excluding hydrogens is 309 g/mol. The Hall–Kier alpha value is -2.43. The van der Waals surface area contributed by atoms with Crippen molar-refractivity contribution in [3.8, 4) is 6.07 Å². The first-order valence-corrected chi connectivity index (χ1v) is 7.12. The number of benzene rings is 1. The van der Waals surface area contributed by atoms with E-state index in [0.29, 0.717) is 18.9 Å². The quantitative estimate of drug-likeness (QED) is 0.764. The molecule has 23 heavy (non-hydrogen) atoms. The molecule has 1 unspecified atom stereocenters. The van der Waals surface area contributed by atoms with Gasteiger partial charge in [-0.15, -0.1) is 0 Å². The second-order valence-corrected chi connectivity index (χ2v) is 4.29. The molecular formula is C15H19F3N4O. The monoisotopic (exact) mass is 328 g/mol. The van der Waals surface area contributed by atoms with Gasteiger partial charge in [0.1, 0.15) is 6.04 Å². The molecule has 0 aromatic heterocycles. The Kier molecular flexibility index (Phi) is 8.55. The molecule has 0 spiro atoms. The number of rotatable bonds is 5. The van der Waals surface area contributed by atoms with E-state index in [1.165, 1.54) is 12.1 Å². The lowest BCUT2D eigenvalue weighted by molar-refractivity contribution is -0.137. The molecule has 0 aliphatic rings. The highest BCUT2D eigenvalue weighted by Gasteiger charge is 2.34. The van der Waals surface area contributed by atoms with Crippen LogP contribution in [0.1, 0.15) is 44.7 Å². The van der Waals surface area contributed by atoms with Crippen molar-refractivity contribution in [1.29, 1.82) is 10.8 Å². The number of amides is 1. The van der Waals surface area contributed by atoms with Crippen LogP contribution in [0.15, 0.2) is 23.3 Å². The Labute approximate surface area is 133 Å². The molecule has 5 nitrogen and oxygen atoms in total. The number of halogens is 3. The minimum atomic E-state index is -4.69. The maximum atomic E-state index is 12.8. The SMILES string of the molecule is CC.CCCC(N=N)C(=O)Nc1ccc(C#N)c(C(F)(F)F)c1. The first kappa shape index (κ1) is 20.6. The van der Waals surface area contributed by atoms with E-state index in [1.807, 2.05) is 13.8 Å². The highest BCUT2D eigenvalue weighted by Crippen LogP contribution is 2.33. The van der Waals surface area contributed by atoms with Crippen molar-refractivity contribution in [3.63, 3.8) is 0 Å². The maximum Gasteiger partial charge on any atom is 0.417 e. The summed E-state index contributed by atoms with van der Waals surface area (Å²) in [5.74, 6) is -0.648. The van der Waals surface area contributed by atoms with Gasteiger partial charge in [0.25, 0.3) is 5.91 Å². The summed E-state index contributed by atoms with van der Waals surface area (Å²) in [6, 6.07) is 3.42. The first-order valence-electron chi connectivity index (χ1n) is 7.12. The van der Waals surface area contributed by atoms with Crippen LogP contribution in [0.3, 0.4) is 0 Å². The van der Waals surface area contributed by atoms with Gasteiger partial charge in [-0.1, -0.05) is 27.2 Å². The number of carbonyl (C=O) groups is 1. The van der Waals surface area contributed by atoms with Crippen LogP contribution in [-0.4, -0.2) is 11.9 Å². The molecule has 0 saturated heterocycles. The van der Waals surface area contributed by atoms with Crippen molar-refractivity contribution in [3.05, 3.63) is 29.3 Å². The summed E-state index contributed by atoms with van der Waals surface area (Å²) in [6.07, 6.45) is -3.74. The predicted octanol–water partition coefficient (Wildman–Crippen LogP) is 4.74. The number of hydrogen-bond donors (Lipinski definition) is 2. The Bertz CT molecular complexity index is 579. The molecule has 1 rings (SSSR count). The molecule has 1 aromatic carbocycles. The van der Waals surface area contributed by atoms with E-state index in [0.717, 1.165) is 6.07 Å². The number of anilines is 1. The molecule has 0 aliphatic heterocycles. The van der Waals surface area contributed by atoms with Crippen LogP contribution in [0.25, 0.3) is 0 Å². The van der Waals surface area contributed by atoms with E-state index < -0.39 is 29.3 Å². The fourth-order valence-corrected chi connectivity index (χ4v) is 1.71. The van der Waals surface area contributed by atoms with Crippen molar-refractivity contribution in [2.45, 2.75) is 45.8 Å². The van der Waals surface area contributed by atoms with Gasteiger partial charge in [0.2, 0.25) is 0 Å². The summed E-state index contributed by atoms with van der Waals surface area (Å²) in [4.78, 5) is 11.8. The second-order valence-electron chi connectivity index (χ2n) is 4.29. The fourth-order valence-electron chi connectivity index (χ4n) is 1.71. The van der Waals surface area contributed by atoms with Gasteiger partial charge in [-0.05, 0) is 24.6 Å². The number of nitrogens with one attached hydrogen (secondary N) is 2. The van der Waals surface area contributed by atoms with Crippen LogP contribution in [-0.2, 0) is 11.0 Å². The van der Waals surface area contributed by atoms with Crippen molar-refractivity contribution < 1.29 is 18.0 Å². The van der Waals surface area contributed by atoms with Crippen LogP contribution in [0, 0.1) is 16.9 Å². The van der Waals surface area contributed by atoms with Gasteiger partial charge in [0, 0.05) is 5.69 Å². The molecule has 0 bridgehead atoms. The number of alkyl halides is 3. The number of nitriles is 1. The van der Waals surface area contributed by atoms with Crippen LogP contribution in [0.5, 0.6) is 0 Å². The molecule has 0 saturated carbocycles. The molecule has 1 atom stereocenters. The summed E-state index contributed by atoms with van der Waals surface area (Å²) < 4.78 is 38.4. The molecule has 2 N–H and O–H groups in total. The molecule has 8 heteroatoms.